The number of rotatable bonds is 5. The molecule has 0 saturated carbocycles. The zero-order chi connectivity index (χ0) is 14.5. The second-order valence-corrected chi connectivity index (χ2v) is 6.51. The van der Waals surface area contributed by atoms with E-state index in [0.29, 0.717) is 17.6 Å². The second kappa shape index (κ2) is 7.06. The van der Waals surface area contributed by atoms with Gasteiger partial charge in [-0.2, -0.15) is 11.8 Å². The van der Waals surface area contributed by atoms with Gasteiger partial charge in [0.05, 0.1) is 6.54 Å². The molecule has 1 unspecified atom stereocenters. The van der Waals surface area contributed by atoms with E-state index >= 15 is 0 Å². The first-order valence-electron chi connectivity index (χ1n) is 6.54. The molecular weight excluding hydrogens is 290 g/mol. The molecule has 1 heterocycles. The van der Waals surface area contributed by atoms with Crippen LogP contribution in [0.25, 0.3) is 0 Å². The maximum Gasteiger partial charge on any atom is 0.238 e. The lowest BCUT2D eigenvalue weighted by Gasteiger charge is -2.22. The Bertz CT molecular complexity index is 484. The van der Waals surface area contributed by atoms with Gasteiger partial charge in [-0.15, -0.1) is 0 Å². The van der Waals surface area contributed by atoms with Crippen LogP contribution in [0.5, 0.6) is 0 Å². The number of nitrogens with two attached hydrogens (primary N) is 1. The highest BCUT2D eigenvalue weighted by atomic mass is 32.2. The lowest BCUT2D eigenvalue weighted by molar-refractivity contribution is -0.117. The van der Waals surface area contributed by atoms with Crippen LogP contribution < -0.4 is 11.1 Å². The summed E-state index contributed by atoms with van der Waals surface area (Å²) < 4.78 is 0. The number of anilines is 1. The van der Waals surface area contributed by atoms with Crippen LogP contribution in [0.4, 0.5) is 5.69 Å². The van der Waals surface area contributed by atoms with E-state index in [4.69, 9.17) is 18.0 Å². The van der Waals surface area contributed by atoms with Gasteiger partial charge in [-0.3, -0.25) is 9.69 Å². The maximum absolute atomic E-state index is 12.0. The van der Waals surface area contributed by atoms with Crippen LogP contribution in [0.15, 0.2) is 24.3 Å². The SMILES string of the molecule is CN(CC(=O)Nc1ccc(C(N)=S)cc1)C1CCSC1. The van der Waals surface area contributed by atoms with Crippen molar-refractivity contribution in [3.05, 3.63) is 29.8 Å². The Balaban J connectivity index is 1.85. The molecule has 20 heavy (non-hydrogen) atoms. The quantitative estimate of drug-likeness (QED) is 0.811. The number of benzene rings is 1. The minimum atomic E-state index is 0.00692. The summed E-state index contributed by atoms with van der Waals surface area (Å²) in [7, 11) is 2.01. The summed E-state index contributed by atoms with van der Waals surface area (Å²) in [5.41, 5.74) is 7.11. The number of carbonyl (C=O) groups is 1. The van der Waals surface area contributed by atoms with Crippen molar-refractivity contribution in [3.63, 3.8) is 0 Å². The molecule has 6 heteroatoms. The molecule has 4 nitrogen and oxygen atoms in total. The van der Waals surface area contributed by atoms with Crippen molar-refractivity contribution in [1.82, 2.24) is 4.90 Å². The first kappa shape index (κ1) is 15.3. The lowest BCUT2D eigenvalue weighted by atomic mass is 10.2. The van der Waals surface area contributed by atoms with Gasteiger partial charge >= 0.3 is 0 Å². The molecule has 1 aliphatic rings. The number of amides is 1. The number of thioether (sulfide) groups is 1. The molecule has 1 saturated heterocycles. The molecule has 1 amide bonds. The molecule has 1 atom stereocenters. The van der Waals surface area contributed by atoms with Crippen LogP contribution in [0, 0.1) is 0 Å². The van der Waals surface area contributed by atoms with E-state index in [9.17, 15) is 4.79 Å². The summed E-state index contributed by atoms with van der Waals surface area (Å²) >= 11 is 6.84. The molecular formula is C14H19N3OS2. The van der Waals surface area contributed by atoms with Gasteiger partial charge < -0.3 is 11.1 Å². The highest BCUT2D eigenvalue weighted by Gasteiger charge is 2.21. The van der Waals surface area contributed by atoms with E-state index in [1.54, 1.807) is 0 Å². The van der Waals surface area contributed by atoms with Crippen LogP contribution in [0.2, 0.25) is 0 Å². The number of hydrogen-bond donors (Lipinski definition) is 2. The smallest absolute Gasteiger partial charge is 0.238 e. The van der Waals surface area contributed by atoms with Gasteiger partial charge in [-0.25, -0.2) is 0 Å². The summed E-state index contributed by atoms with van der Waals surface area (Å²) in [4.78, 5) is 14.5. The van der Waals surface area contributed by atoms with Crippen molar-refractivity contribution in [3.8, 4) is 0 Å². The highest BCUT2D eigenvalue weighted by molar-refractivity contribution is 7.99. The maximum atomic E-state index is 12.0. The molecule has 1 fully saturated rings. The van der Waals surface area contributed by atoms with Gasteiger partial charge in [0.25, 0.3) is 0 Å². The van der Waals surface area contributed by atoms with Crippen molar-refractivity contribution in [1.29, 1.82) is 0 Å². The molecule has 1 aromatic rings. The molecule has 0 radical (unpaired) electrons. The number of carbonyl (C=O) groups excluding carboxylic acids is 1. The molecule has 1 aliphatic heterocycles. The average molecular weight is 309 g/mol. The Morgan fingerprint density at radius 2 is 2.20 bits per heavy atom. The Morgan fingerprint density at radius 3 is 2.75 bits per heavy atom. The van der Waals surface area contributed by atoms with Gasteiger partial charge in [0.15, 0.2) is 0 Å². The van der Waals surface area contributed by atoms with E-state index in [1.165, 1.54) is 5.75 Å². The number of hydrogen-bond acceptors (Lipinski definition) is 4. The Kier molecular flexibility index (Phi) is 5.39. The number of likely N-dealkylation sites (N-methyl/N-ethyl adjacent to an activating group) is 1. The molecule has 3 N–H and O–H groups in total. The Labute approximate surface area is 129 Å². The van der Waals surface area contributed by atoms with E-state index < -0.39 is 0 Å². The largest absolute Gasteiger partial charge is 0.389 e. The first-order chi connectivity index (χ1) is 9.56. The molecule has 0 aromatic heterocycles. The predicted molar refractivity (Wildman–Crippen MR) is 89.3 cm³/mol. The fourth-order valence-electron chi connectivity index (χ4n) is 2.14. The van der Waals surface area contributed by atoms with Crippen LogP contribution in [0.3, 0.4) is 0 Å². The lowest BCUT2D eigenvalue weighted by Crippen LogP contribution is -2.37. The standard InChI is InChI=1S/C14H19N3OS2/c1-17(12-6-7-20-9-12)8-13(18)16-11-4-2-10(3-5-11)14(15)19/h2-5,12H,6-9H2,1H3,(H2,15,19)(H,16,18). The predicted octanol–water partition coefficient (Wildman–Crippen LogP) is 1.70. The summed E-state index contributed by atoms with van der Waals surface area (Å²) in [5, 5.41) is 2.89. The van der Waals surface area contributed by atoms with Crippen LogP contribution in [-0.4, -0.2) is 46.9 Å². The molecule has 0 spiro atoms. The van der Waals surface area contributed by atoms with Crippen molar-refractivity contribution in [2.24, 2.45) is 5.73 Å². The monoisotopic (exact) mass is 309 g/mol. The minimum absolute atomic E-state index is 0.00692. The van der Waals surface area contributed by atoms with Crippen molar-refractivity contribution in [2.45, 2.75) is 12.5 Å². The van der Waals surface area contributed by atoms with E-state index in [-0.39, 0.29) is 5.91 Å². The van der Waals surface area contributed by atoms with Gasteiger partial charge in [0.2, 0.25) is 5.91 Å². The highest BCUT2D eigenvalue weighted by Crippen LogP contribution is 2.21. The number of nitrogens with one attached hydrogen (secondary N) is 1. The zero-order valence-electron chi connectivity index (χ0n) is 11.5. The molecule has 0 aliphatic carbocycles. The zero-order valence-corrected chi connectivity index (χ0v) is 13.1. The molecule has 0 bridgehead atoms. The number of nitrogens with zero attached hydrogens (tertiary/aromatic N) is 1. The first-order valence-corrected chi connectivity index (χ1v) is 8.10. The van der Waals surface area contributed by atoms with Crippen LogP contribution >= 0.6 is 24.0 Å². The third-order valence-electron chi connectivity index (χ3n) is 3.38. The second-order valence-electron chi connectivity index (χ2n) is 4.92. The van der Waals surface area contributed by atoms with E-state index in [1.807, 2.05) is 43.1 Å². The van der Waals surface area contributed by atoms with Crippen LogP contribution in [-0.2, 0) is 4.79 Å². The van der Waals surface area contributed by atoms with Gasteiger partial charge in [-0.05, 0) is 43.5 Å². The van der Waals surface area contributed by atoms with Gasteiger partial charge in [-0.1, -0.05) is 12.2 Å². The minimum Gasteiger partial charge on any atom is -0.389 e. The Hall–Kier alpha value is -1.11. The molecule has 1 aromatic carbocycles. The van der Waals surface area contributed by atoms with Crippen molar-refractivity contribution < 1.29 is 4.79 Å². The summed E-state index contributed by atoms with van der Waals surface area (Å²) in [6.45, 7) is 0.419. The topological polar surface area (TPSA) is 58.4 Å². The summed E-state index contributed by atoms with van der Waals surface area (Å²) in [6, 6.07) is 7.78. The fraction of sp³-hybridized carbons (Fsp3) is 0.429. The third kappa shape index (κ3) is 4.19. The van der Waals surface area contributed by atoms with E-state index in [0.717, 1.165) is 23.4 Å². The normalized spacial score (nSPS) is 18.2. The van der Waals surface area contributed by atoms with Gasteiger partial charge in [0, 0.05) is 23.0 Å². The van der Waals surface area contributed by atoms with Crippen LogP contribution in [0.1, 0.15) is 12.0 Å². The van der Waals surface area contributed by atoms with Gasteiger partial charge in [0.1, 0.15) is 4.99 Å². The molecule has 2 rings (SSSR count). The molecule has 108 valence electrons. The van der Waals surface area contributed by atoms with E-state index in [2.05, 4.69) is 10.2 Å². The van der Waals surface area contributed by atoms with Crippen molar-refractivity contribution in [2.75, 3.05) is 30.4 Å². The fourth-order valence-corrected chi connectivity index (χ4v) is 3.58. The summed E-state index contributed by atoms with van der Waals surface area (Å²) in [6.07, 6.45) is 1.16. The summed E-state index contributed by atoms with van der Waals surface area (Å²) in [5.74, 6) is 2.32. The van der Waals surface area contributed by atoms with Crippen molar-refractivity contribution >= 4 is 40.6 Å². The third-order valence-corrected chi connectivity index (χ3v) is 4.76. The number of thiocarbonyl (C=S) groups is 1. The average Bonchev–Trinajstić information content (AvgIpc) is 2.93. The Morgan fingerprint density at radius 1 is 1.50 bits per heavy atom.